The first kappa shape index (κ1) is 20.7. The maximum atomic E-state index is 12.2. The van der Waals surface area contributed by atoms with E-state index in [2.05, 4.69) is 41.8 Å². The van der Waals surface area contributed by atoms with Crippen LogP contribution in [-0.4, -0.2) is 11.0 Å². The Bertz CT molecular complexity index is 1160. The van der Waals surface area contributed by atoms with E-state index >= 15 is 0 Å². The van der Waals surface area contributed by atoms with Gasteiger partial charge in [0.2, 0.25) is 5.52 Å². The zero-order chi connectivity index (χ0) is 20.9. The Morgan fingerprint density at radius 3 is 2.70 bits per heavy atom. The van der Waals surface area contributed by atoms with Crippen LogP contribution < -0.4 is 4.57 Å². The van der Waals surface area contributed by atoms with Crippen LogP contribution in [0.5, 0.6) is 0 Å². The molecule has 154 valence electrons. The number of carbonyl (C=O) groups is 1. The van der Waals surface area contributed by atoms with E-state index in [1.54, 1.807) is 22.7 Å². The highest BCUT2D eigenvalue weighted by Crippen LogP contribution is 2.25. The number of hydrogen-bond donors (Lipinski definition) is 0. The molecular formula is C24H25N2O2S2+. The predicted molar refractivity (Wildman–Crippen MR) is 125 cm³/mol. The SMILES string of the molecule is CCCCC(=O)OC(C)[n+]1c(C=CCc2nc3ccccc3s2)sc2ccccc21. The lowest BCUT2D eigenvalue weighted by Gasteiger charge is -2.09. The van der Waals surface area contributed by atoms with Crippen LogP contribution in [0.3, 0.4) is 0 Å². The number of nitrogens with zero attached hydrogens (tertiary/aromatic N) is 2. The maximum Gasteiger partial charge on any atom is 0.310 e. The molecule has 0 fully saturated rings. The van der Waals surface area contributed by atoms with Gasteiger partial charge in [-0.15, -0.1) is 15.9 Å². The molecule has 0 aliphatic carbocycles. The smallest absolute Gasteiger partial charge is 0.310 e. The topological polar surface area (TPSA) is 43.1 Å². The molecule has 2 aromatic carbocycles. The fourth-order valence-electron chi connectivity index (χ4n) is 3.40. The third-order valence-corrected chi connectivity index (χ3v) is 7.03. The molecule has 1 unspecified atom stereocenters. The molecule has 2 aromatic heterocycles. The van der Waals surface area contributed by atoms with Crippen molar-refractivity contribution in [1.29, 1.82) is 0 Å². The molecule has 4 nitrogen and oxygen atoms in total. The second-order valence-corrected chi connectivity index (χ2v) is 9.33. The number of esters is 1. The Labute approximate surface area is 184 Å². The number of ether oxygens (including phenoxy) is 1. The van der Waals surface area contributed by atoms with Crippen LogP contribution in [0.1, 0.15) is 49.4 Å². The zero-order valence-electron chi connectivity index (χ0n) is 17.2. The fraction of sp³-hybridized carbons (Fsp3) is 0.292. The summed E-state index contributed by atoms with van der Waals surface area (Å²) < 4.78 is 10.2. The first-order valence-corrected chi connectivity index (χ1v) is 11.9. The number of hydrogen-bond acceptors (Lipinski definition) is 5. The lowest BCUT2D eigenvalue weighted by molar-refractivity contribution is -0.728. The molecule has 0 amide bonds. The van der Waals surface area contributed by atoms with E-state index in [4.69, 9.17) is 9.72 Å². The molecule has 0 spiro atoms. The molecule has 0 saturated heterocycles. The van der Waals surface area contributed by atoms with Gasteiger partial charge in [0, 0.05) is 31.9 Å². The number of fused-ring (bicyclic) bond motifs is 2. The summed E-state index contributed by atoms with van der Waals surface area (Å²) in [6, 6.07) is 16.5. The highest BCUT2D eigenvalue weighted by atomic mass is 32.1. The van der Waals surface area contributed by atoms with Crippen LogP contribution in [0.15, 0.2) is 54.6 Å². The predicted octanol–water partition coefficient (Wildman–Crippen LogP) is 6.31. The minimum Gasteiger partial charge on any atom is -0.403 e. The average molecular weight is 438 g/mol. The van der Waals surface area contributed by atoms with Crippen LogP contribution >= 0.6 is 22.7 Å². The van der Waals surface area contributed by atoms with Crippen molar-refractivity contribution in [3.8, 4) is 0 Å². The van der Waals surface area contributed by atoms with Crippen molar-refractivity contribution in [2.45, 2.75) is 45.8 Å². The number of thiazole rings is 2. The average Bonchev–Trinajstić information content (AvgIpc) is 3.32. The minimum atomic E-state index is -0.354. The number of unbranched alkanes of at least 4 members (excludes halogenated alkanes) is 1. The molecule has 4 aromatic rings. The molecule has 0 aliphatic rings. The third-order valence-electron chi connectivity index (χ3n) is 4.87. The zero-order valence-corrected chi connectivity index (χ0v) is 18.8. The van der Waals surface area contributed by atoms with Crippen LogP contribution in [0.4, 0.5) is 0 Å². The summed E-state index contributed by atoms with van der Waals surface area (Å²) in [5.41, 5.74) is 2.13. The standard InChI is InChI=1S/C24H25N2O2S2/c1-3-4-16-24(27)28-17(2)26-19-11-6-8-13-21(19)30-23(26)15-9-14-22-25-18-10-5-7-12-20(18)29-22/h5-13,15,17H,3-4,14,16H2,1-2H3/q+1. The number of para-hydroxylation sites is 2. The third kappa shape index (κ3) is 4.60. The molecule has 0 N–H and O–H groups in total. The van der Waals surface area contributed by atoms with E-state index in [0.717, 1.165) is 40.3 Å². The van der Waals surface area contributed by atoms with Gasteiger partial charge < -0.3 is 4.74 Å². The number of carbonyl (C=O) groups excluding carboxylic acids is 1. The quantitative estimate of drug-likeness (QED) is 0.240. The van der Waals surface area contributed by atoms with Gasteiger partial charge in [-0.05, 0) is 24.6 Å². The Hall–Kier alpha value is -2.57. The summed E-state index contributed by atoms with van der Waals surface area (Å²) in [7, 11) is 0. The van der Waals surface area contributed by atoms with Gasteiger partial charge >= 0.3 is 12.2 Å². The summed E-state index contributed by atoms with van der Waals surface area (Å²) in [6.45, 7) is 4.01. The summed E-state index contributed by atoms with van der Waals surface area (Å²) in [5.74, 6) is -0.142. The largest absolute Gasteiger partial charge is 0.403 e. The molecule has 0 bridgehead atoms. The number of rotatable bonds is 8. The molecule has 0 radical (unpaired) electrons. The second-order valence-electron chi connectivity index (χ2n) is 7.15. The summed E-state index contributed by atoms with van der Waals surface area (Å²) >= 11 is 3.43. The summed E-state index contributed by atoms with van der Waals surface area (Å²) in [5, 5.41) is 2.16. The van der Waals surface area contributed by atoms with Gasteiger partial charge in [0.1, 0.15) is 4.70 Å². The Morgan fingerprint density at radius 1 is 1.13 bits per heavy atom. The Kier molecular flexibility index (Phi) is 6.55. The highest BCUT2D eigenvalue weighted by molar-refractivity contribution is 7.19. The van der Waals surface area contributed by atoms with Gasteiger partial charge in [0.25, 0.3) is 5.01 Å². The van der Waals surface area contributed by atoms with Crippen LogP contribution in [0.2, 0.25) is 0 Å². The van der Waals surface area contributed by atoms with Gasteiger partial charge in [0.15, 0.2) is 0 Å². The molecule has 1 atom stereocenters. The number of allylic oxidation sites excluding steroid dienone is 1. The van der Waals surface area contributed by atoms with E-state index in [9.17, 15) is 4.79 Å². The van der Waals surface area contributed by atoms with Gasteiger partial charge in [-0.1, -0.05) is 55.0 Å². The van der Waals surface area contributed by atoms with Crippen LogP contribution in [0, 0.1) is 0 Å². The van der Waals surface area contributed by atoms with Crippen molar-refractivity contribution < 1.29 is 14.1 Å². The Morgan fingerprint density at radius 2 is 1.90 bits per heavy atom. The lowest BCUT2D eigenvalue weighted by atomic mass is 10.2. The van der Waals surface area contributed by atoms with Crippen LogP contribution in [0.25, 0.3) is 26.5 Å². The molecule has 2 heterocycles. The Balaban J connectivity index is 1.57. The van der Waals surface area contributed by atoms with E-state index in [-0.39, 0.29) is 12.2 Å². The van der Waals surface area contributed by atoms with E-state index in [1.165, 1.54) is 9.40 Å². The summed E-state index contributed by atoms with van der Waals surface area (Å²) in [6.07, 6.45) is 6.99. The minimum absolute atomic E-state index is 0.142. The number of aromatic nitrogens is 2. The van der Waals surface area contributed by atoms with Crippen molar-refractivity contribution in [2.75, 3.05) is 0 Å². The van der Waals surface area contributed by atoms with E-state index < -0.39 is 0 Å². The maximum absolute atomic E-state index is 12.2. The van der Waals surface area contributed by atoms with Gasteiger partial charge in [0.05, 0.1) is 15.2 Å². The molecule has 6 heteroatoms. The molecule has 0 saturated carbocycles. The van der Waals surface area contributed by atoms with E-state index in [1.807, 2.05) is 37.3 Å². The molecule has 0 aliphatic heterocycles. The fourth-order valence-corrected chi connectivity index (χ4v) is 5.50. The van der Waals surface area contributed by atoms with Gasteiger partial charge in [-0.3, -0.25) is 4.79 Å². The second kappa shape index (κ2) is 9.49. The van der Waals surface area contributed by atoms with Crippen molar-refractivity contribution >= 4 is 55.2 Å². The van der Waals surface area contributed by atoms with E-state index in [0.29, 0.717) is 6.42 Å². The van der Waals surface area contributed by atoms with Crippen molar-refractivity contribution in [3.63, 3.8) is 0 Å². The molecular weight excluding hydrogens is 412 g/mol. The van der Waals surface area contributed by atoms with Gasteiger partial charge in [-0.25, -0.2) is 4.98 Å². The first-order chi connectivity index (χ1) is 14.7. The molecule has 4 rings (SSSR count). The highest BCUT2D eigenvalue weighted by Gasteiger charge is 2.26. The monoisotopic (exact) mass is 437 g/mol. The normalized spacial score (nSPS) is 12.7. The van der Waals surface area contributed by atoms with Crippen LogP contribution in [-0.2, 0) is 16.0 Å². The van der Waals surface area contributed by atoms with Crippen molar-refractivity contribution in [2.24, 2.45) is 0 Å². The molecule has 30 heavy (non-hydrogen) atoms. The van der Waals surface area contributed by atoms with Crippen molar-refractivity contribution in [3.05, 3.63) is 64.6 Å². The summed E-state index contributed by atoms with van der Waals surface area (Å²) in [4.78, 5) is 16.9. The lowest BCUT2D eigenvalue weighted by Crippen LogP contribution is -2.41. The first-order valence-electron chi connectivity index (χ1n) is 10.3. The van der Waals surface area contributed by atoms with Crippen molar-refractivity contribution in [1.82, 2.24) is 4.98 Å². The number of benzene rings is 2. The van der Waals surface area contributed by atoms with Gasteiger partial charge in [-0.2, -0.15) is 0 Å².